The molecule has 0 bridgehead atoms. The highest BCUT2D eigenvalue weighted by atomic mass is 16.5. The molecule has 6 heteroatoms. The Kier molecular flexibility index (Phi) is 5.41. The van der Waals surface area contributed by atoms with E-state index < -0.39 is 11.3 Å². The lowest BCUT2D eigenvalue weighted by molar-refractivity contribution is 0.181. The van der Waals surface area contributed by atoms with Crippen LogP contribution in [0.5, 0.6) is 5.75 Å². The van der Waals surface area contributed by atoms with Crippen LogP contribution < -0.4 is 10.5 Å². The van der Waals surface area contributed by atoms with E-state index >= 15 is 0 Å². The van der Waals surface area contributed by atoms with Crippen molar-refractivity contribution in [3.63, 3.8) is 0 Å². The summed E-state index contributed by atoms with van der Waals surface area (Å²) in [5.41, 5.74) is 7.57. The van der Waals surface area contributed by atoms with Gasteiger partial charge in [0, 0.05) is 18.6 Å². The first-order valence-electron chi connectivity index (χ1n) is 9.16. The third-order valence-corrected chi connectivity index (χ3v) is 5.76. The third-order valence-electron chi connectivity index (χ3n) is 5.76. The van der Waals surface area contributed by atoms with Gasteiger partial charge in [0.1, 0.15) is 11.8 Å². The smallest absolute Gasteiger partial charge is 0.191 e. The summed E-state index contributed by atoms with van der Waals surface area (Å²) in [5, 5.41) is 29.8. The fourth-order valence-corrected chi connectivity index (χ4v) is 4.51. The van der Waals surface area contributed by atoms with Crippen molar-refractivity contribution in [2.75, 3.05) is 14.2 Å². The zero-order valence-corrected chi connectivity index (χ0v) is 16.0. The van der Waals surface area contributed by atoms with Crippen LogP contribution in [0.2, 0.25) is 0 Å². The summed E-state index contributed by atoms with van der Waals surface area (Å²) in [5.74, 6) is 0.105. The molecule has 2 atom stereocenters. The van der Waals surface area contributed by atoms with Gasteiger partial charge in [-0.3, -0.25) is 0 Å². The Morgan fingerprint density at radius 2 is 1.96 bits per heavy atom. The normalized spacial score (nSPS) is 22.9. The van der Waals surface area contributed by atoms with Crippen molar-refractivity contribution in [2.45, 2.75) is 31.8 Å². The van der Waals surface area contributed by atoms with Gasteiger partial charge >= 0.3 is 0 Å². The second-order valence-electron chi connectivity index (χ2n) is 7.11. The van der Waals surface area contributed by atoms with Gasteiger partial charge in [-0.1, -0.05) is 12.1 Å². The van der Waals surface area contributed by atoms with Gasteiger partial charge in [-0.05, 0) is 48.4 Å². The summed E-state index contributed by atoms with van der Waals surface area (Å²) >= 11 is 0. The van der Waals surface area contributed by atoms with E-state index in [1.807, 2.05) is 24.3 Å². The molecule has 142 valence electrons. The number of ether oxygens (including phenoxy) is 2. The highest BCUT2D eigenvalue weighted by Crippen LogP contribution is 2.56. The summed E-state index contributed by atoms with van der Waals surface area (Å²) in [6, 6.07) is 12.1. The summed E-state index contributed by atoms with van der Waals surface area (Å²) < 4.78 is 10.7. The SMILES string of the molecule is COCc1cc(C2C3CCCC=C3C(C#N)=C(N)C2(C#N)C#N)ccc1OC. The molecular weight excluding hydrogens is 352 g/mol. The number of nitrogens with two attached hydrogens (primary N) is 1. The molecule has 3 rings (SSSR count). The summed E-state index contributed by atoms with van der Waals surface area (Å²) in [6.07, 6.45) is 4.63. The number of hydrogen-bond donors (Lipinski definition) is 1. The zero-order valence-electron chi connectivity index (χ0n) is 16.0. The number of methoxy groups -OCH3 is 2. The first-order chi connectivity index (χ1) is 13.6. The van der Waals surface area contributed by atoms with Crippen LogP contribution in [0.1, 0.15) is 36.3 Å². The van der Waals surface area contributed by atoms with Crippen LogP contribution in [0.3, 0.4) is 0 Å². The van der Waals surface area contributed by atoms with E-state index in [4.69, 9.17) is 15.2 Å². The van der Waals surface area contributed by atoms with E-state index in [2.05, 4.69) is 18.2 Å². The van der Waals surface area contributed by atoms with Crippen molar-refractivity contribution in [1.29, 1.82) is 15.8 Å². The van der Waals surface area contributed by atoms with Gasteiger partial charge in [0.05, 0.1) is 37.1 Å². The minimum Gasteiger partial charge on any atom is -0.496 e. The Hall–Kier alpha value is -3.27. The van der Waals surface area contributed by atoms with Crippen molar-refractivity contribution in [3.8, 4) is 24.0 Å². The Bertz CT molecular complexity index is 958. The topological polar surface area (TPSA) is 116 Å². The Labute approximate surface area is 165 Å². The fraction of sp³-hybridized carbons (Fsp3) is 0.409. The van der Waals surface area contributed by atoms with Gasteiger partial charge in [0.2, 0.25) is 0 Å². The molecule has 2 aliphatic rings. The summed E-state index contributed by atoms with van der Waals surface area (Å²) in [4.78, 5) is 0. The van der Waals surface area contributed by atoms with Gasteiger partial charge in [0.15, 0.2) is 5.41 Å². The van der Waals surface area contributed by atoms with Crippen molar-refractivity contribution in [2.24, 2.45) is 17.1 Å². The van der Waals surface area contributed by atoms with E-state index in [0.29, 0.717) is 12.4 Å². The van der Waals surface area contributed by atoms with Gasteiger partial charge in [0.25, 0.3) is 0 Å². The van der Waals surface area contributed by atoms with E-state index in [1.54, 1.807) is 14.2 Å². The predicted octanol–water partition coefficient (Wildman–Crippen LogP) is 3.44. The van der Waals surface area contributed by atoms with Gasteiger partial charge in [-0.2, -0.15) is 15.8 Å². The predicted molar refractivity (Wildman–Crippen MR) is 102 cm³/mol. The number of hydrogen-bond acceptors (Lipinski definition) is 6. The number of nitrogens with zero attached hydrogens (tertiary/aromatic N) is 3. The van der Waals surface area contributed by atoms with Crippen molar-refractivity contribution >= 4 is 0 Å². The van der Waals surface area contributed by atoms with Gasteiger partial charge in [-0.25, -0.2) is 0 Å². The van der Waals surface area contributed by atoms with Crippen molar-refractivity contribution < 1.29 is 9.47 Å². The number of benzene rings is 1. The molecule has 2 aliphatic carbocycles. The first-order valence-corrected chi connectivity index (χ1v) is 9.16. The van der Waals surface area contributed by atoms with Crippen LogP contribution in [0.25, 0.3) is 0 Å². The molecule has 0 amide bonds. The average Bonchev–Trinajstić information content (AvgIpc) is 2.73. The number of nitriles is 3. The third kappa shape index (κ3) is 2.82. The van der Waals surface area contributed by atoms with Crippen LogP contribution in [-0.2, 0) is 11.3 Å². The molecule has 1 aromatic rings. The number of allylic oxidation sites excluding steroid dienone is 4. The lowest BCUT2D eigenvalue weighted by Gasteiger charge is -2.43. The standard InChI is InChI=1S/C22H22N4O2/c1-27-11-15-9-14(7-8-19(15)28-2)20-17-6-4-3-5-16(17)18(10-23)21(26)22(20,12-24)13-25/h5,7-9,17,20H,3-4,6,11,26H2,1-2H3. The Balaban J connectivity index is 2.28. The molecule has 0 fully saturated rings. The largest absolute Gasteiger partial charge is 0.496 e. The van der Waals surface area contributed by atoms with E-state index in [0.717, 1.165) is 36.0 Å². The highest BCUT2D eigenvalue weighted by molar-refractivity contribution is 5.59. The zero-order chi connectivity index (χ0) is 20.3. The average molecular weight is 374 g/mol. The molecule has 0 saturated heterocycles. The van der Waals surface area contributed by atoms with E-state index in [9.17, 15) is 15.8 Å². The molecule has 0 heterocycles. The Morgan fingerprint density at radius 3 is 2.57 bits per heavy atom. The maximum absolute atomic E-state index is 10.1. The summed E-state index contributed by atoms with van der Waals surface area (Å²) in [6.45, 7) is 0.345. The molecule has 0 aliphatic heterocycles. The van der Waals surface area contributed by atoms with E-state index in [1.165, 1.54) is 0 Å². The molecular formula is C22H22N4O2. The van der Waals surface area contributed by atoms with Crippen LogP contribution in [-0.4, -0.2) is 14.2 Å². The summed E-state index contributed by atoms with van der Waals surface area (Å²) in [7, 11) is 3.19. The number of rotatable bonds is 4. The maximum Gasteiger partial charge on any atom is 0.191 e. The Morgan fingerprint density at radius 1 is 1.21 bits per heavy atom. The lowest BCUT2D eigenvalue weighted by Crippen LogP contribution is -2.42. The van der Waals surface area contributed by atoms with E-state index in [-0.39, 0.29) is 17.2 Å². The molecule has 1 aromatic carbocycles. The van der Waals surface area contributed by atoms with Crippen molar-refractivity contribution in [3.05, 3.63) is 52.2 Å². The minimum absolute atomic E-state index is 0.0542. The monoisotopic (exact) mass is 374 g/mol. The molecule has 28 heavy (non-hydrogen) atoms. The minimum atomic E-state index is -1.59. The van der Waals surface area contributed by atoms with Crippen molar-refractivity contribution in [1.82, 2.24) is 0 Å². The van der Waals surface area contributed by atoms with Gasteiger partial charge in [-0.15, -0.1) is 0 Å². The molecule has 0 spiro atoms. The van der Waals surface area contributed by atoms with Crippen LogP contribution in [0, 0.1) is 45.3 Å². The molecule has 0 saturated carbocycles. The van der Waals surface area contributed by atoms with Crippen LogP contribution in [0.4, 0.5) is 0 Å². The van der Waals surface area contributed by atoms with Gasteiger partial charge < -0.3 is 15.2 Å². The molecule has 0 aromatic heterocycles. The number of fused-ring (bicyclic) bond motifs is 1. The molecule has 6 nitrogen and oxygen atoms in total. The lowest BCUT2D eigenvalue weighted by atomic mass is 9.56. The van der Waals surface area contributed by atoms with Crippen LogP contribution >= 0.6 is 0 Å². The second-order valence-corrected chi connectivity index (χ2v) is 7.11. The molecule has 0 radical (unpaired) electrons. The fourth-order valence-electron chi connectivity index (χ4n) is 4.51. The molecule has 2 N–H and O–H groups in total. The second kappa shape index (κ2) is 7.77. The highest BCUT2D eigenvalue weighted by Gasteiger charge is 2.53. The molecule has 2 unspecified atom stereocenters. The maximum atomic E-state index is 10.1. The first kappa shape index (κ1) is 19.5. The quantitative estimate of drug-likeness (QED) is 0.863. The van der Waals surface area contributed by atoms with Crippen LogP contribution in [0.15, 0.2) is 41.1 Å².